The second kappa shape index (κ2) is 10.6. The third kappa shape index (κ3) is 5.64. The molecule has 2 fully saturated rings. The molecule has 2 aliphatic heterocycles. The van der Waals surface area contributed by atoms with Gasteiger partial charge in [0, 0.05) is 6.54 Å². The molecule has 0 saturated carbocycles. The number of rotatable bonds is 9. The van der Waals surface area contributed by atoms with E-state index >= 15 is 0 Å². The smallest absolute Gasteiger partial charge is 0.192 e. The molecule has 186 valence electrons. The highest BCUT2D eigenvalue weighted by Crippen LogP contribution is 2.40. The number of aliphatic hydroxyl groups is 1. The first-order valence-electron chi connectivity index (χ1n) is 12.6. The van der Waals surface area contributed by atoms with Gasteiger partial charge in [0.25, 0.3) is 0 Å². The van der Waals surface area contributed by atoms with Crippen LogP contribution in [0.1, 0.15) is 38.3 Å². The highest BCUT2D eigenvalue weighted by molar-refractivity contribution is 6.74. The molecule has 2 saturated heterocycles. The standard InChI is InChI=1S/C28H41NO4Si/c1-28(2,3)34(4,5)33-20-23-26(31-18-21-12-8-6-9-13-21)27(25-24(30)16-17-29(23)25)32-19-22-14-10-7-11-15-22/h6-15,23-27,30H,16-20H2,1-5H3/t23-,24-,25+,26+,27+/m0/s1. The van der Waals surface area contributed by atoms with E-state index in [2.05, 4.69) is 63.0 Å². The van der Waals surface area contributed by atoms with Crippen LogP contribution in [0.3, 0.4) is 0 Å². The van der Waals surface area contributed by atoms with Crippen LogP contribution >= 0.6 is 0 Å². The van der Waals surface area contributed by atoms with Gasteiger partial charge in [-0.25, -0.2) is 0 Å². The summed E-state index contributed by atoms with van der Waals surface area (Å²) in [7, 11) is -1.93. The number of hydrogen-bond acceptors (Lipinski definition) is 5. The van der Waals surface area contributed by atoms with Gasteiger partial charge in [-0.15, -0.1) is 0 Å². The summed E-state index contributed by atoms with van der Waals surface area (Å²) in [5, 5.41) is 11.1. The largest absolute Gasteiger partial charge is 0.415 e. The Morgan fingerprint density at radius 2 is 1.41 bits per heavy atom. The van der Waals surface area contributed by atoms with E-state index in [0.29, 0.717) is 19.8 Å². The van der Waals surface area contributed by atoms with Crippen LogP contribution in [0.25, 0.3) is 0 Å². The van der Waals surface area contributed by atoms with Crippen LogP contribution in [0.15, 0.2) is 60.7 Å². The molecular formula is C28H41NO4Si. The summed E-state index contributed by atoms with van der Waals surface area (Å²) in [5.74, 6) is 0. The maximum Gasteiger partial charge on any atom is 0.192 e. The summed E-state index contributed by atoms with van der Waals surface area (Å²) in [6.45, 7) is 13.9. The van der Waals surface area contributed by atoms with Gasteiger partial charge in [0.05, 0.1) is 38.0 Å². The second-order valence-electron chi connectivity index (χ2n) is 11.2. The fourth-order valence-corrected chi connectivity index (χ4v) is 5.87. The van der Waals surface area contributed by atoms with Crippen molar-refractivity contribution in [2.75, 3.05) is 13.2 Å². The van der Waals surface area contributed by atoms with Crippen LogP contribution in [0, 0.1) is 0 Å². The molecule has 0 amide bonds. The highest BCUT2D eigenvalue weighted by atomic mass is 28.4. The average molecular weight is 484 g/mol. The van der Waals surface area contributed by atoms with Crippen LogP contribution in [-0.2, 0) is 27.1 Å². The maximum atomic E-state index is 10.9. The van der Waals surface area contributed by atoms with E-state index in [9.17, 15) is 5.11 Å². The number of ether oxygens (including phenoxy) is 2. The van der Waals surface area contributed by atoms with Gasteiger partial charge in [-0.05, 0) is 35.7 Å². The predicted molar refractivity (Wildman–Crippen MR) is 138 cm³/mol. The molecule has 0 aliphatic carbocycles. The zero-order valence-corrected chi connectivity index (χ0v) is 22.3. The molecule has 0 spiro atoms. The van der Waals surface area contributed by atoms with Gasteiger partial charge < -0.3 is 19.0 Å². The summed E-state index contributed by atoms with van der Waals surface area (Å²) >= 11 is 0. The highest BCUT2D eigenvalue weighted by Gasteiger charge is 2.56. The Hall–Kier alpha value is -1.54. The molecule has 2 aliphatic rings. The lowest BCUT2D eigenvalue weighted by molar-refractivity contribution is -0.0915. The first-order valence-corrected chi connectivity index (χ1v) is 15.5. The van der Waals surface area contributed by atoms with Crippen molar-refractivity contribution in [3.05, 3.63) is 71.8 Å². The monoisotopic (exact) mass is 483 g/mol. The van der Waals surface area contributed by atoms with Crippen LogP contribution in [0.2, 0.25) is 18.1 Å². The third-order valence-electron chi connectivity index (χ3n) is 7.92. The molecule has 2 aromatic rings. The Morgan fingerprint density at radius 1 is 0.882 bits per heavy atom. The summed E-state index contributed by atoms with van der Waals surface area (Å²) in [4.78, 5) is 2.39. The van der Waals surface area contributed by atoms with Crippen molar-refractivity contribution >= 4 is 8.32 Å². The first kappa shape index (κ1) is 25.5. The quantitative estimate of drug-likeness (QED) is 0.509. The molecule has 0 radical (unpaired) electrons. The van der Waals surface area contributed by atoms with Gasteiger partial charge in [-0.3, -0.25) is 4.90 Å². The molecule has 0 bridgehead atoms. The molecule has 2 aromatic carbocycles. The lowest BCUT2D eigenvalue weighted by Crippen LogP contribution is -2.48. The van der Waals surface area contributed by atoms with Gasteiger partial charge in [0.1, 0.15) is 12.2 Å². The topological polar surface area (TPSA) is 51.2 Å². The van der Waals surface area contributed by atoms with Crippen molar-refractivity contribution in [2.45, 2.75) is 88.9 Å². The summed E-state index contributed by atoms with van der Waals surface area (Å²) in [6.07, 6.45) is -0.0396. The Morgan fingerprint density at radius 3 is 1.94 bits per heavy atom. The van der Waals surface area contributed by atoms with Crippen molar-refractivity contribution in [3.63, 3.8) is 0 Å². The van der Waals surface area contributed by atoms with E-state index in [4.69, 9.17) is 13.9 Å². The van der Waals surface area contributed by atoms with E-state index in [0.717, 1.165) is 24.1 Å². The Bertz CT molecular complexity index is 902. The molecule has 0 aromatic heterocycles. The van der Waals surface area contributed by atoms with Gasteiger partial charge in [-0.2, -0.15) is 0 Å². The Balaban J connectivity index is 1.56. The molecule has 6 heteroatoms. The minimum atomic E-state index is -1.93. The van der Waals surface area contributed by atoms with Gasteiger partial charge in [0.2, 0.25) is 0 Å². The van der Waals surface area contributed by atoms with Gasteiger partial charge in [-0.1, -0.05) is 81.4 Å². The van der Waals surface area contributed by atoms with Crippen molar-refractivity contribution in [3.8, 4) is 0 Å². The molecule has 1 N–H and O–H groups in total. The summed E-state index contributed by atoms with van der Waals surface area (Å²) in [5.41, 5.74) is 2.27. The number of fused-ring (bicyclic) bond motifs is 1. The Kier molecular flexibility index (Phi) is 7.97. The molecule has 34 heavy (non-hydrogen) atoms. The molecule has 2 heterocycles. The zero-order chi connectivity index (χ0) is 24.3. The minimum absolute atomic E-state index is 0.0563. The van der Waals surface area contributed by atoms with Crippen LogP contribution in [0.4, 0.5) is 0 Å². The van der Waals surface area contributed by atoms with E-state index in [1.807, 2.05) is 36.4 Å². The lowest BCUT2D eigenvalue weighted by atomic mass is 10.0. The van der Waals surface area contributed by atoms with Gasteiger partial charge in [0.15, 0.2) is 8.32 Å². The molecule has 5 nitrogen and oxygen atoms in total. The normalized spacial score (nSPS) is 27.8. The summed E-state index contributed by atoms with van der Waals surface area (Å²) < 4.78 is 19.8. The van der Waals surface area contributed by atoms with E-state index < -0.39 is 14.4 Å². The van der Waals surface area contributed by atoms with Crippen molar-refractivity contribution in [1.29, 1.82) is 0 Å². The zero-order valence-electron chi connectivity index (χ0n) is 21.3. The first-order chi connectivity index (χ1) is 16.2. The van der Waals surface area contributed by atoms with Crippen molar-refractivity contribution in [1.82, 2.24) is 4.90 Å². The number of aliphatic hydroxyl groups excluding tert-OH is 1. The van der Waals surface area contributed by atoms with E-state index in [-0.39, 0.29) is 29.3 Å². The van der Waals surface area contributed by atoms with Crippen molar-refractivity contribution in [2.24, 2.45) is 0 Å². The van der Waals surface area contributed by atoms with Crippen molar-refractivity contribution < 1.29 is 19.0 Å². The maximum absolute atomic E-state index is 10.9. The van der Waals surface area contributed by atoms with E-state index in [1.165, 1.54) is 0 Å². The fourth-order valence-electron chi connectivity index (χ4n) is 4.85. The number of nitrogens with zero attached hydrogens (tertiary/aromatic N) is 1. The number of benzene rings is 2. The molecule has 4 rings (SSSR count). The molecular weight excluding hydrogens is 442 g/mol. The predicted octanol–water partition coefficient (Wildman–Crippen LogP) is 5.00. The van der Waals surface area contributed by atoms with Crippen LogP contribution in [0.5, 0.6) is 0 Å². The molecule has 5 atom stereocenters. The van der Waals surface area contributed by atoms with Crippen LogP contribution < -0.4 is 0 Å². The SMILES string of the molecule is CC(C)(C)[Si](C)(C)OC[C@H]1[C@@H](OCc2ccccc2)[C@H](OCc2ccccc2)[C@H]2[C@@H](O)CCN21. The summed E-state index contributed by atoms with van der Waals surface area (Å²) in [6, 6.07) is 20.5. The second-order valence-corrected chi connectivity index (χ2v) is 16.1. The fraction of sp³-hybridized carbons (Fsp3) is 0.571. The minimum Gasteiger partial charge on any atom is -0.415 e. The number of hydrogen-bond donors (Lipinski definition) is 1. The molecule has 0 unspecified atom stereocenters. The Labute approximate surface area is 206 Å². The average Bonchev–Trinajstić information content (AvgIpc) is 3.32. The van der Waals surface area contributed by atoms with E-state index in [1.54, 1.807) is 0 Å². The van der Waals surface area contributed by atoms with Gasteiger partial charge >= 0.3 is 0 Å². The lowest BCUT2D eigenvalue weighted by Gasteiger charge is -2.38. The van der Waals surface area contributed by atoms with Crippen LogP contribution in [-0.4, -0.2) is 61.9 Å². The third-order valence-corrected chi connectivity index (χ3v) is 12.4.